The van der Waals surface area contributed by atoms with E-state index in [0.29, 0.717) is 17.5 Å². The van der Waals surface area contributed by atoms with Gasteiger partial charge in [-0.3, -0.25) is 4.79 Å². The molecule has 0 bridgehead atoms. The molecule has 0 atom stereocenters. The fourth-order valence-corrected chi connectivity index (χ4v) is 2.77. The van der Waals surface area contributed by atoms with Gasteiger partial charge < -0.3 is 10.6 Å². The number of aryl methyl sites for hydroxylation is 1. The lowest BCUT2D eigenvalue weighted by atomic mass is 9.95. The van der Waals surface area contributed by atoms with E-state index >= 15 is 0 Å². The van der Waals surface area contributed by atoms with Crippen molar-refractivity contribution < 1.29 is 4.79 Å². The number of rotatable bonds is 5. The van der Waals surface area contributed by atoms with Crippen LogP contribution in [0.5, 0.6) is 0 Å². The first-order valence-corrected chi connectivity index (χ1v) is 7.82. The number of halogens is 1. The molecule has 1 saturated carbocycles. The standard InChI is InChI=1S/C16H23ClN2O/c1-12-7-8-14(11-15(12)17)19-16(20)9-10-18-13-5-3-2-4-6-13/h7-8,11,13,18H,2-6,9-10H2,1H3,(H,19,20). The van der Waals surface area contributed by atoms with Crippen molar-refractivity contribution in [3.8, 4) is 0 Å². The Hall–Kier alpha value is -1.06. The Bertz CT molecular complexity index is 456. The summed E-state index contributed by atoms with van der Waals surface area (Å²) in [5.41, 5.74) is 1.78. The smallest absolute Gasteiger partial charge is 0.225 e. The summed E-state index contributed by atoms with van der Waals surface area (Å²) in [4.78, 5) is 11.9. The normalized spacial score (nSPS) is 16.1. The summed E-state index contributed by atoms with van der Waals surface area (Å²) in [7, 11) is 0. The molecular weight excluding hydrogens is 272 g/mol. The Kier molecular flexibility index (Phi) is 5.86. The van der Waals surface area contributed by atoms with Gasteiger partial charge in [0.25, 0.3) is 0 Å². The zero-order valence-corrected chi connectivity index (χ0v) is 12.8. The zero-order chi connectivity index (χ0) is 14.4. The second-order valence-electron chi connectivity index (χ2n) is 5.55. The maximum absolute atomic E-state index is 11.9. The van der Waals surface area contributed by atoms with Crippen LogP contribution in [0.15, 0.2) is 18.2 Å². The van der Waals surface area contributed by atoms with Gasteiger partial charge >= 0.3 is 0 Å². The lowest BCUT2D eigenvalue weighted by Crippen LogP contribution is -2.33. The highest BCUT2D eigenvalue weighted by atomic mass is 35.5. The zero-order valence-electron chi connectivity index (χ0n) is 12.0. The van der Waals surface area contributed by atoms with Crippen molar-refractivity contribution in [3.63, 3.8) is 0 Å². The van der Waals surface area contributed by atoms with Crippen molar-refractivity contribution >= 4 is 23.2 Å². The molecule has 1 aliphatic rings. The molecule has 20 heavy (non-hydrogen) atoms. The first-order valence-electron chi connectivity index (χ1n) is 7.44. The van der Waals surface area contributed by atoms with Gasteiger partial charge in [0.05, 0.1) is 0 Å². The Morgan fingerprint density at radius 1 is 1.30 bits per heavy atom. The summed E-state index contributed by atoms with van der Waals surface area (Å²) in [6.07, 6.45) is 6.97. The summed E-state index contributed by atoms with van der Waals surface area (Å²) in [6, 6.07) is 6.19. The van der Waals surface area contributed by atoms with E-state index < -0.39 is 0 Å². The molecule has 0 aliphatic heterocycles. The molecule has 0 unspecified atom stereocenters. The van der Waals surface area contributed by atoms with Gasteiger partial charge in [-0.2, -0.15) is 0 Å². The largest absolute Gasteiger partial charge is 0.326 e. The topological polar surface area (TPSA) is 41.1 Å². The van der Waals surface area contributed by atoms with Gasteiger partial charge in [0.1, 0.15) is 0 Å². The lowest BCUT2D eigenvalue weighted by molar-refractivity contribution is -0.116. The van der Waals surface area contributed by atoms with Crippen molar-refractivity contribution in [1.29, 1.82) is 0 Å². The van der Waals surface area contributed by atoms with Gasteiger partial charge in [0.15, 0.2) is 0 Å². The molecule has 4 heteroatoms. The molecule has 0 radical (unpaired) electrons. The van der Waals surface area contributed by atoms with Crippen LogP contribution in [0.25, 0.3) is 0 Å². The molecule has 0 aromatic heterocycles. The fraction of sp³-hybridized carbons (Fsp3) is 0.562. The highest BCUT2D eigenvalue weighted by Gasteiger charge is 2.12. The molecule has 1 aromatic rings. The maximum Gasteiger partial charge on any atom is 0.225 e. The van der Waals surface area contributed by atoms with E-state index in [4.69, 9.17) is 11.6 Å². The number of hydrogen-bond donors (Lipinski definition) is 2. The van der Waals surface area contributed by atoms with Crippen molar-refractivity contribution in [1.82, 2.24) is 5.32 Å². The van der Waals surface area contributed by atoms with Crippen LogP contribution in [0, 0.1) is 6.92 Å². The average Bonchev–Trinajstić information content (AvgIpc) is 2.44. The van der Waals surface area contributed by atoms with Crippen LogP contribution in [0.2, 0.25) is 5.02 Å². The molecule has 110 valence electrons. The minimum Gasteiger partial charge on any atom is -0.326 e. The molecule has 0 spiro atoms. The number of carbonyl (C=O) groups is 1. The summed E-state index contributed by atoms with van der Waals surface area (Å²) < 4.78 is 0. The average molecular weight is 295 g/mol. The molecule has 0 heterocycles. The van der Waals surface area contributed by atoms with Crippen LogP contribution < -0.4 is 10.6 Å². The van der Waals surface area contributed by atoms with E-state index in [-0.39, 0.29) is 5.91 Å². The van der Waals surface area contributed by atoms with E-state index in [1.807, 2.05) is 19.1 Å². The van der Waals surface area contributed by atoms with Gasteiger partial charge in [-0.05, 0) is 37.5 Å². The number of benzene rings is 1. The van der Waals surface area contributed by atoms with Crippen LogP contribution in [0.1, 0.15) is 44.1 Å². The molecule has 1 aliphatic carbocycles. The van der Waals surface area contributed by atoms with Crippen LogP contribution in [-0.4, -0.2) is 18.5 Å². The molecule has 3 nitrogen and oxygen atoms in total. The third-order valence-electron chi connectivity index (χ3n) is 3.85. The third kappa shape index (κ3) is 4.80. The molecule has 2 N–H and O–H groups in total. The Morgan fingerprint density at radius 2 is 2.05 bits per heavy atom. The molecule has 1 fully saturated rings. The second-order valence-corrected chi connectivity index (χ2v) is 5.96. The molecule has 0 saturated heterocycles. The summed E-state index contributed by atoms with van der Waals surface area (Å²) in [5, 5.41) is 7.04. The first kappa shape index (κ1) is 15.3. The number of carbonyl (C=O) groups excluding carboxylic acids is 1. The van der Waals surface area contributed by atoms with Gasteiger partial charge in [-0.1, -0.05) is 36.9 Å². The van der Waals surface area contributed by atoms with E-state index in [9.17, 15) is 4.79 Å². The maximum atomic E-state index is 11.9. The van der Waals surface area contributed by atoms with Gasteiger partial charge in [0.2, 0.25) is 5.91 Å². The highest BCUT2D eigenvalue weighted by molar-refractivity contribution is 6.31. The third-order valence-corrected chi connectivity index (χ3v) is 4.25. The van der Waals surface area contributed by atoms with Gasteiger partial charge in [-0.25, -0.2) is 0 Å². The highest BCUT2D eigenvalue weighted by Crippen LogP contribution is 2.20. The van der Waals surface area contributed by atoms with Crippen LogP contribution in [0.4, 0.5) is 5.69 Å². The number of amides is 1. The monoisotopic (exact) mass is 294 g/mol. The van der Waals surface area contributed by atoms with E-state index in [1.54, 1.807) is 6.07 Å². The molecule has 1 aromatic carbocycles. The van der Waals surface area contributed by atoms with Gasteiger partial charge in [-0.15, -0.1) is 0 Å². The number of hydrogen-bond acceptors (Lipinski definition) is 2. The van der Waals surface area contributed by atoms with Gasteiger partial charge in [0, 0.05) is 29.7 Å². The Balaban J connectivity index is 1.70. The van der Waals surface area contributed by atoms with Crippen LogP contribution >= 0.6 is 11.6 Å². The fourth-order valence-electron chi connectivity index (χ4n) is 2.59. The van der Waals surface area contributed by atoms with E-state index in [2.05, 4.69) is 10.6 Å². The summed E-state index contributed by atoms with van der Waals surface area (Å²) in [5.74, 6) is 0.0354. The number of anilines is 1. The predicted molar refractivity (Wildman–Crippen MR) is 84.3 cm³/mol. The van der Waals surface area contributed by atoms with Crippen molar-refractivity contribution in [2.45, 2.75) is 51.5 Å². The Morgan fingerprint density at radius 3 is 2.75 bits per heavy atom. The summed E-state index contributed by atoms with van der Waals surface area (Å²) in [6.45, 7) is 2.69. The number of nitrogens with one attached hydrogen (secondary N) is 2. The SMILES string of the molecule is Cc1ccc(NC(=O)CCNC2CCCCC2)cc1Cl. The molecule has 1 amide bonds. The minimum absolute atomic E-state index is 0.0354. The second kappa shape index (κ2) is 7.65. The molecular formula is C16H23ClN2O. The van der Waals surface area contributed by atoms with Crippen LogP contribution in [-0.2, 0) is 4.79 Å². The van der Waals surface area contributed by atoms with E-state index in [0.717, 1.165) is 17.8 Å². The van der Waals surface area contributed by atoms with Crippen molar-refractivity contribution in [2.24, 2.45) is 0 Å². The minimum atomic E-state index is 0.0354. The quantitative estimate of drug-likeness (QED) is 0.865. The Labute approximate surface area is 126 Å². The molecule has 2 rings (SSSR count). The summed E-state index contributed by atoms with van der Waals surface area (Å²) >= 11 is 6.04. The van der Waals surface area contributed by atoms with Crippen molar-refractivity contribution in [2.75, 3.05) is 11.9 Å². The lowest BCUT2D eigenvalue weighted by Gasteiger charge is -2.22. The first-order chi connectivity index (χ1) is 9.65. The predicted octanol–water partition coefficient (Wildman–Crippen LogP) is 3.90. The van der Waals surface area contributed by atoms with E-state index in [1.165, 1.54) is 32.1 Å². The van der Waals surface area contributed by atoms with Crippen LogP contribution in [0.3, 0.4) is 0 Å². The van der Waals surface area contributed by atoms with Crippen molar-refractivity contribution in [3.05, 3.63) is 28.8 Å².